The summed E-state index contributed by atoms with van der Waals surface area (Å²) in [4.78, 5) is 25.4. The molecule has 6 nitrogen and oxygen atoms in total. The number of amides is 1. The monoisotopic (exact) mass is 314 g/mol. The minimum atomic E-state index is -0.420. The number of nitrogens with zero attached hydrogens (tertiary/aromatic N) is 1. The van der Waals surface area contributed by atoms with Crippen molar-refractivity contribution in [2.45, 2.75) is 31.3 Å². The highest BCUT2D eigenvalue weighted by Gasteiger charge is 2.32. The predicted octanol–water partition coefficient (Wildman–Crippen LogP) is 2.12. The number of benzene rings is 1. The first-order valence-electron chi connectivity index (χ1n) is 7.94. The Balaban J connectivity index is 1.51. The van der Waals surface area contributed by atoms with Crippen molar-refractivity contribution in [3.8, 4) is 5.75 Å². The third-order valence-electron chi connectivity index (χ3n) is 4.52. The van der Waals surface area contributed by atoms with Crippen molar-refractivity contribution in [1.29, 1.82) is 0 Å². The average Bonchev–Trinajstić information content (AvgIpc) is 2.54. The zero-order chi connectivity index (χ0) is 15.8. The fourth-order valence-corrected chi connectivity index (χ4v) is 3.42. The lowest BCUT2D eigenvalue weighted by atomic mass is 9.94. The molecule has 2 unspecified atom stereocenters. The number of fused-ring (bicyclic) bond motifs is 3. The van der Waals surface area contributed by atoms with Gasteiger partial charge in [-0.25, -0.2) is 9.59 Å². The number of ether oxygens (including phenoxy) is 1. The Morgan fingerprint density at radius 2 is 1.91 bits per heavy atom. The highest BCUT2D eigenvalue weighted by atomic mass is 16.6. The van der Waals surface area contributed by atoms with Crippen molar-refractivity contribution in [3.63, 3.8) is 0 Å². The molecule has 1 aromatic heterocycles. The normalized spacial score (nSPS) is 23.7. The van der Waals surface area contributed by atoms with E-state index in [9.17, 15) is 9.59 Å². The molecule has 0 spiro atoms. The standard InChI is InChI=1S/C17H18N2O4/c20-16-7-5-11-4-6-14(8-15(11)23-16)22-17(21)19-9-12-2-1-3-13(10-19)18-12/h4-8,12-13,18H,1-3,9-10H2. The molecule has 2 aliphatic heterocycles. The van der Waals surface area contributed by atoms with Gasteiger partial charge in [-0.2, -0.15) is 0 Å². The van der Waals surface area contributed by atoms with Gasteiger partial charge < -0.3 is 19.4 Å². The molecule has 6 heteroatoms. The third kappa shape index (κ3) is 2.94. The molecular weight excluding hydrogens is 296 g/mol. The topological polar surface area (TPSA) is 71.8 Å². The molecule has 2 fully saturated rings. The van der Waals surface area contributed by atoms with Gasteiger partial charge in [-0.05, 0) is 31.0 Å². The van der Waals surface area contributed by atoms with Crippen LogP contribution in [0.5, 0.6) is 5.75 Å². The second-order valence-corrected chi connectivity index (χ2v) is 6.22. The Kier molecular flexibility index (Phi) is 3.53. The van der Waals surface area contributed by atoms with E-state index in [-0.39, 0.29) is 6.09 Å². The summed E-state index contributed by atoms with van der Waals surface area (Å²) in [5.41, 5.74) is -0.00381. The van der Waals surface area contributed by atoms with Gasteiger partial charge in [-0.15, -0.1) is 0 Å². The maximum Gasteiger partial charge on any atom is 0.415 e. The Bertz CT molecular complexity index is 789. The SMILES string of the molecule is O=C(Oc1ccc2ccc(=O)oc2c1)N1CC2CCCC(C1)N2. The largest absolute Gasteiger partial charge is 0.423 e. The number of piperidine rings is 1. The number of carbonyl (C=O) groups excluding carboxylic acids is 1. The van der Waals surface area contributed by atoms with Crippen LogP contribution in [0.1, 0.15) is 19.3 Å². The van der Waals surface area contributed by atoms with Gasteiger partial charge in [0.2, 0.25) is 0 Å². The Labute approximate surface area is 133 Å². The summed E-state index contributed by atoms with van der Waals surface area (Å²) in [5, 5.41) is 4.33. The molecule has 1 N–H and O–H groups in total. The lowest BCUT2D eigenvalue weighted by molar-refractivity contribution is 0.105. The van der Waals surface area contributed by atoms with E-state index < -0.39 is 5.63 Å². The number of rotatable bonds is 1. The minimum Gasteiger partial charge on any atom is -0.423 e. The van der Waals surface area contributed by atoms with Crippen LogP contribution >= 0.6 is 0 Å². The number of likely N-dealkylation sites (tertiary alicyclic amines) is 1. The van der Waals surface area contributed by atoms with Crippen molar-refractivity contribution in [3.05, 3.63) is 40.8 Å². The Morgan fingerprint density at radius 1 is 1.17 bits per heavy atom. The molecule has 2 saturated heterocycles. The predicted molar refractivity (Wildman–Crippen MR) is 84.6 cm³/mol. The van der Waals surface area contributed by atoms with E-state index >= 15 is 0 Å². The molecule has 1 aromatic carbocycles. The molecule has 1 amide bonds. The van der Waals surface area contributed by atoms with Crippen LogP contribution in [0.25, 0.3) is 11.0 Å². The quantitative estimate of drug-likeness (QED) is 0.816. The van der Waals surface area contributed by atoms with Crippen LogP contribution in [0.3, 0.4) is 0 Å². The maximum absolute atomic E-state index is 12.4. The van der Waals surface area contributed by atoms with Crippen molar-refractivity contribution in [2.75, 3.05) is 13.1 Å². The van der Waals surface area contributed by atoms with E-state index in [1.54, 1.807) is 29.2 Å². The molecule has 0 radical (unpaired) electrons. The van der Waals surface area contributed by atoms with Crippen molar-refractivity contribution in [2.24, 2.45) is 0 Å². The number of hydrogen-bond donors (Lipinski definition) is 1. The Morgan fingerprint density at radius 3 is 2.70 bits per heavy atom. The maximum atomic E-state index is 12.4. The highest BCUT2D eigenvalue weighted by Crippen LogP contribution is 2.23. The van der Waals surface area contributed by atoms with Gasteiger partial charge in [0, 0.05) is 42.7 Å². The summed E-state index contributed by atoms with van der Waals surface area (Å²) in [5.74, 6) is 0.389. The van der Waals surface area contributed by atoms with Gasteiger partial charge in [-0.3, -0.25) is 0 Å². The van der Waals surface area contributed by atoms with E-state index in [1.807, 2.05) is 0 Å². The highest BCUT2D eigenvalue weighted by molar-refractivity contribution is 5.79. The summed E-state index contributed by atoms with van der Waals surface area (Å²) in [6.07, 6.45) is 3.07. The van der Waals surface area contributed by atoms with Gasteiger partial charge in [0.15, 0.2) is 0 Å². The first-order chi connectivity index (χ1) is 11.2. The lowest BCUT2D eigenvalue weighted by Gasteiger charge is -2.41. The zero-order valence-electron chi connectivity index (χ0n) is 12.7. The fourth-order valence-electron chi connectivity index (χ4n) is 3.42. The van der Waals surface area contributed by atoms with E-state index in [2.05, 4.69) is 5.32 Å². The molecule has 2 bridgehead atoms. The van der Waals surface area contributed by atoms with Crippen LogP contribution in [-0.2, 0) is 0 Å². The Hall–Kier alpha value is -2.34. The van der Waals surface area contributed by atoms with E-state index in [1.165, 1.54) is 12.5 Å². The van der Waals surface area contributed by atoms with Gasteiger partial charge in [0.05, 0.1) is 0 Å². The first kappa shape index (κ1) is 14.3. The third-order valence-corrected chi connectivity index (χ3v) is 4.52. The van der Waals surface area contributed by atoms with Crippen molar-refractivity contribution >= 4 is 17.1 Å². The molecule has 2 aromatic rings. The summed E-state index contributed by atoms with van der Waals surface area (Å²) in [7, 11) is 0. The minimum absolute atomic E-state index is 0.346. The molecule has 4 rings (SSSR count). The molecule has 0 saturated carbocycles. The van der Waals surface area contributed by atoms with Crippen LogP contribution in [0, 0.1) is 0 Å². The first-order valence-corrected chi connectivity index (χ1v) is 7.94. The molecule has 23 heavy (non-hydrogen) atoms. The summed E-state index contributed by atoms with van der Waals surface area (Å²) in [6.45, 7) is 1.36. The van der Waals surface area contributed by atoms with Crippen LogP contribution in [0.4, 0.5) is 4.79 Å². The lowest BCUT2D eigenvalue weighted by Crippen LogP contribution is -2.60. The average molecular weight is 314 g/mol. The number of piperazine rings is 1. The number of nitrogens with one attached hydrogen (secondary N) is 1. The van der Waals surface area contributed by atoms with Crippen molar-refractivity contribution < 1.29 is 13.9 Å². The van der Waals surface area contributed by atoms with Gasteiger partial charge in [0.25, 0.3) is 0 Å². The van der Waals surface area contributed by atoms with Gasteiger partial charge in [0.1, 0.15) is 11.3 Å². The van der Waals surface area contributed by atoms with Crippen LogP contribution in [0.2, 0.25) is 0 Å². The smallest absolute Gasteiger partial charge is 0.415 e. The van der Waals surface area contributed by atoms with E-state index in [4.69, 9.17) is 9.15 Å². The number of carbonyl (C=O) groups is 1. The summed E-state index contributed by atoms with van der Waals surface area (Å²) < 4.78 is 10.6. The number of hydrogen-bond acceptors (Lipinski definition) is 5. The molecule has 0 aliphatic carbocycles. The van der Waals surface area contributed by atoms with Gasteiger partial charge >= 0.3 is 11.7 Å². The van der Waals surface area contributed by atoms with E-state index in [0.29, 0.717) is 36.5 Å². The molecule has 120 valence electrons. The summed E-state index contributed by atoms with van der Waals surface area (Å²) in [6, 6.07) is 8.85. The molecule has 2 aliphatic rings. The molecule has 3 heterocycles. The molecular formula is C17H18N2O4. The van der Waals surface area contributed by atoms with Crippen LogP contribution in [0.15, 0.2) is 39.5 Å². The van der Waals surface area contributed by atoms with Crippen LogP contribution < -0.4 is 15.7 Å². The van der Waals surface area contributed by atoms with E-state index in [0.717, 1.165) is 18.2 Å². The zero-order valence-corrected chi connectivity index (χ0v) is 12.7. The van der Waals surface area contributed by atoms with Gasteiger partial charge in [-0.1, -0.05) is 6.42 Å². The second kappa shape index (κ2) is 5.70. The van der Waals surface area contributed by atoms with Crippen LogP contribution in [-0.4, -0.2) is 36.2 Å². The molecule has 2 atom stereocenters. The fraction of sp³-hybridized carbons (Fsp3) is 0.412. The summed E-state index contributed by atoms with van der Waals surface area (Å²) >= 11 is 0. The van der Waals surface area contributed by atoms with Crippen molar-refractivity contribution in [1.82, 2.24) is 10.2 Å². The second-order valence-electron chi connectivity index (χ2n) is 6.22.